The summed E-state index contributed by atoms with van der Waals surface area (Å²) in [6.45, 7) is 5.20. The molecule has 0 aromatic carbocycles. The molecule has 1 N–H and O–H groups in total. The molecule has 0 saturated heterocycles. The monoisotopic (exact) mass is 267 g/mol. The van der Waals surface area contributed by atoms with Crippen LogP contribution in [-0.2, 0) is 13.1 Å². The van der Waals surface area contributed by atoms with Gasteiger partial charge in [-0.15, -0.1) is 11.3 Å². The Labute approximate surface area is 115 Å². The molecule has 0 radical (unpaired) electrons. The third-order valence-electron chi connectivity index (χ3n) is 3.66. The average Bonchev–Trinajstić information content (AvgIpc) is 3.00. The second-order valence-corrected chi connectivity index (χ2v) is 6.21. The molecule has 3 nitrogen and oxygen atoms in total. The molecule has 1 aromatic heterocycles. The molecule has 1 fully saturated rings. The highest BCUT2D eigenvalue weighted by Gasteiger charge is 2.20. The minimum Gasteiger partial charge on any atom is -0.310 e. The fourth-order valence-corrected chi connectivity index (χ4v) is 3.36. The highest BCUT2D eigenvalue weighted by atomic mass is 32.1. The summed E-state index contributed by atoms with van der Waals surface area (Å²) < 4.78 is 0. The van der Waals surface area contributed by atoms with Crippen LogP contribution in [0.2, 0.25) is 0 Å². The zero-order valence-corrected chi connectivity index (χ0v) is 12.4. The Morgan fingerprint density at radius 2 is 2.22 bits per heavy atom. The van der Waals surface area contributed by atoms with E-state index in [1.165, 1.54) is 42.8 Å². The average molecular weight is 267 g/mol. The van der Waals surface area contributed by atoms with E-state index in [0.717, 1.165) is 25.7 Å². The van der Waals surface area contributed by atoms with Crippen molar-refractivity contribution in [1.29, 1.82) is 0 Å². The van der Waals surface area contributed by atoms with Crippen LogP contribution < -0.4 is 5.32 Å². The van der Waals surface area contributed by atoms with Gasteiger partial charge in [0.05, 0.1) is 5.69 Å². The Balaban J connectivity index is 1.78. The molecule has 0 amide bonds. The number of hydrogen-bond acceptors (Lipinski definition) is 4. The van der Waals surface area contributed by atoms with Crippen LogP contribution in [0, 0.1) is 0 Å². The maximum Gasteiger partial charge on any atom is 0.107 e. The molecule has 18 heavy (non-hydrogen) atoms. The number of nitrogens with zero attached hydrogens (tertiary/aromatic N) is 2. The van der Waals surface area contributed by atoms with Crippen LogP contribution in [-0.4, -0.2) is 29.5 Å². The van der Waals surface area contributed by atoms with Crippen LogP contribution >= 0.6 is 11.3 Å². The summed E-state index contributed by atoms with van der Waals surface area (Å²) in [7, 11) is 2.24. The predicted octanol–water partition coefficient (Wildman–Crippen LogP) is 3.02. The summed E-state index contributed by atoms with van der Waals surface area (Å²) in [6, 6.07) is 0.786. The molecule has 0 bridgehead atoms. The molecule has 1 heterocycles. The smallest absolute Gasteiger partial charge is 0.107 e. The van der Waals surface area contributed by atoms with Crippen molar-refractivity contribution in [2.24, 2.45) is 0 Å². The van der Waals surface area contributed by atoms with E-state index in [1.807, 2.05) is 0 Å². The minimum absolute atomic E-state index is 0.786. The molecule has 4 heteroatoms. The van der Waals surface area contributed by atoms with E-state index in [4.69, 9.17) is 4.98 Å². The quantitative estimate of drug-likeness (QED) is 0.770. The van der Waals surface area contributed by atoms with Crippen molar-refractivity contribution in [3.63, 3.8) is 0 Å². The van der Waals surface area contributed by atoms with Crippen LogP contribution in [0.4, 0.5) is 0 Å². The zero-order valence-electron chi connectivity index (χ0n) is 11.6. The van der Waals surface area contributed by atoms with Crippen LogP contribution in [0.3, 0.4) is 0 Å². The minimum atomic E-state index is 0.786. The van der Waals surface area contributed by atoms with Gasteiger partial charge < -0.3 is 5.32 Å². The van der Waals surface area contributed by atoms with Gasteiger partial charge in [0, 0.05) is 24.5 Å². The predicted molar refractivity (Wildman–Crippen MR) is 77.8 cm³/mol. The molecule has 1 aromatic rings. The number of nitrogens with one attached hydrogen (secondary N) is 1. The summed E-state index contributed by atoms with van der Waals surface area (Å²) in [5, 5.41) is 6.84. The maximum atomic E-state index is 4.71. The lowest BCUT2D eigenvalue weighted by atomic mass is 10.2. The first kappa shape index (κ1) is 14.0. The molecular formula is C14H25N3S. The first-order chi connectivity index (χ1) is 8.79. The standard InChI is InChI=1S/C14H25N3S/c1-3-8-15-9-14-16-12(11-18-14)10-17(2)13-6-4-5-7-13/h11,13,15H,3-10H2,1-2H3. The van der Waals surface area contributed by atoms with Crippen LogP contribution in [0.1, 0.15) is 49.7 Å². The lowest BCUT2D eigenvalue weighted by molar-refractivity contribution is 0.235. The Hall–Kier alpha value is -0.450. The molecule has 1 aliphatic rings. The second-order valence-electron chi connectivity index (χ2n) is 5.26. The first-order valence-electron chi connectivity index (χ1n) is 7.14. The van der Waals surface area contributed by atoms with Gasteiger partial charge in [-0.25, -0.2) is 4.98 Å². The number of thiazole rings is 1. The number of aromatic nitrogens is 1. The van der Waals surface area contributed by atoms with Gasteiger partial charge in [0.25, 0.3) is 0 Å². The Kier molecular flexibility index (Phi) is 5.60. The van der Waals surface area contributed by atoms with Crippen molar-refractivity contribution < 1.29 is 0 Å². The molecule has 1 aliphatic carbocycles. The lowest BCUT2D eigenvalue weighted by Crippen LogP contribution is -2.28. The van der Waals surface area contributed by atoms with Crippen molar-refractivity contribution in [2.75, 3.05) is 13.6 Å². The van der Waals surface area contributed by atoms with Gasteiger partial charge in [-0.2, -0.15) is 0 Å². The van der Waals surface area contributed by atoms with Crippen LogP contribution in [0.15, 0.2) is 5.38 Å². The van der Waals surface area contributed by atoms with Crippen molar-refractivity contribution in [2.45, 2.75) is 58.2 Å². The van der Waals surface area contributed by atoms with Gasteiger partial charge in [0.15, 0.2) is 0 Å². The fourth-order valence-electron chi connectivity index (χ4n) is 2.60. The van der Waals surface area contributed by atoms with Gasteiger partial charge in [-0.1, -0.05) is 19.8 Å². The molecule has 0 atom stereocenters. The third kappa shape index (κ3) is 4.04. The topological polar surface area (TPSA) is 28.2 Å². The van der Waals surface area contributed by atoms with E-state index < -0.39 is 0 Å². The van der Waals surface area contributed by atoms with Crippen LogP contribution in [0.5, 0.6) is 0 Å². The van der Waals surface area contributed by atoms with Gasteiger partial charge in [-0.05, 0) is 32.9 Å². The second kappa shape index (κ2) is 7.22. The van der Waals surface area contributed by atoms with E-state index in [-0.39, 0.29) is 0 Å². The summed E-state index contributed by atoms with van der Waals surface area (Å²) in [5.41, 5.74) is 1.24. The van der Waals surface area contributed by atoms with E-state index in [1.54, 1.807) is 11.3 Å². The van der Waals surface area contributed by atoms with Crippen molar-refractivity contribution >= 4 is 11.3 Å². The highest BCUT2D eigenvalue weighted by molar-refractivity contribution is 7.09. The molecular weight excluding hydrogens is 242 g/mol. The zero-order chi connectivity index (χ0) is 12.8. The van der Waals surface area contributed by atoms with Gasteiger partial charge in [0.1, 0.15) is 5.01 Å². The maximum absolute atomic E-state index is 4.71. The summed E-state index contributed by atoms with van der Waals surface area (Å²) in [4.78, 5) is 7.19. The van der Waals surface area contributed by atoms with Crippen molar-refractivity contribution in [3.05, 3.63) is 16.1 Å². The van der Waals surface area contributed by atoms with Gasteiger partial charge in [-0.3, -0.25) is 4.90 Å². The molecule has 0 aliphatic heterocycles. The van der Waals surface area contributed by atoms with E-state index in [0.29, 0.717) is 0 Å². The fraction of sp³-hybridized carbons (Fsp3) is 0.786. The van der Waals surface area contributed by atoms with Crippen molar-refractivity contribution in [3.8, 4) is 0 Å². The summed E-state index contributed by atoms with van der Waals surface area (Å²) in [5.74, 6) is 0. The van der Waals surface area contributed by atoms with Crippen molar-refractivity contribution in [1.82, 2.24) is 15.2 Å². The van der Waals surface area contributed by atoms with Crippen LogP contribution in [0.25, 0.3) is 0 Å². The molecule has 0 unspecified atom stereocenters. The largest absolute Gasteiger partial charge is 0.310 e. The van der Waals surface area contributed by atoms with E-state index >= 15 is 0 Å². The molecule has 1 saturated carbocycles. The summed E-state index contributed by atoms with van der Waals surface area (Å²) in [6.07, 6.45) is 6.72. The number of rotatable bonds is 7. The SMILES string of the molecule is CCCNCc1nc(CN(C)C2CCCC2)cs1. The normalized spacial score (nSPS) is 16.8. The third-order valence-corrected chi connectivity index (χ3v) is 4.56. The van der Waals surface area contributed by atoms with Gasteiger partial charge >= 0.3 is 0 Å². The van der Waals surface area contributed by atoms with E-state index in [2.05, 4.69) is 29.6 Å². The van der Waals surface area contributed by atoms with Gasteiger partial charge in [0.2, 0.25) is 0 Å². The molecule has 0 spiro atoms. The first-order valence-corrected chi connectivity index (χ1v) is 8.01. The Morgan fingerprint density at radius 1 is 1.44 bits per heavy atom. The molecule has 2 rings (SSSR count). The van der Waals surface area contributed by atoms with E-state index in [9.17, 15) is 0 Å². The Morgan fingerprint density at radius 3 is 2.94 bits per heavy atom. The summed E-state index contributed by atoms with van der Waals surface area (Å²) >= 11 is 1.78. The Bertz CT molecular complexity index is 345. The highest BCUT2D eigenvalue weighted by Crippen LogP contribution is 2.23. The lowest BCUT2D eigenvalue weighted by Gasteiger charge is -2.22. The number of hydrogen-bond donors (Lipinski definition) is 1. The molecule has 102 valence electrons.